The number of benzene rings is 4. The topological polar surface area (TPSA) is 131 Å². The number of ketones is 1. The number of nitrogens with zero attached hydrogens (tertiary/aromatic N) is 3. The van der Waals surface area contributed by atoms with Gasteiger partial charge in [0.15, 0.2) is 27.3 Å². The van der Waals surface area contributed by atoms with Gasteiger partial charge in [-0.05, 0) is 59.2 Å². The number of phenols is 1. The molecule has 0 radical (unpaired) electrons. The number of aliphatic hydroxyl groups is 1. The SMILES string of the molecule is CCOc1cc(C2/C(=C(\O)c3ccc(OC)c(OC)c3)C(=O)C(=O)N2c2nnc(SCc3cccc4ccccc34)s2)ccc1O. The standard InChI is InChI=1S/C34H29N3O7S2/c1-4-44-26-16-20(12-14-24(26)38)29-28(30(39)21-13-15-25(42-2)27(17-21)43-3)31(40)32(41)37(29)33-35-36-34(46-33)45-18-22-10-7-9-19-8-5-6-11-23(19)22/h5-17,29,38-39H,4,18H2,1-3H3/b30-28+. The molecule has 1 atom stereocenters. The smallest absolute Gasteiger partial charge is 0.301 e. The predicted octanol–water partition coefficient (Wildman–Crippen LogP) is 6.73. The molecule has 0 aliphatic carbocycles. The summed E-state index contributed by atoms with van der Waals surface area (Å²) in [5.74, 6) is -0.745. The summed E-state index contributed by atoms with van der Waals surface area (Å²) in [6, 6.07) is 22.4. The highest BCUT2D eigenvalue weighted by Crippen LogP contribution is 2.46. The van der Waals surface area contributed by atoms with Crippen molar-refractivity contribution in [2.24, 2.45) is 0 Å². The Hall–Kier alpha value is -5.07. The Kier molecular flexibility index (Phi) is 8.82. The number of carbonyl (C=O) groups excluding carboxylic acids is 2. The lowest BCUT2D eigenvalue weighted by molar-refractivity contribution is -0.132. The average molecular weight is 656 g/mol. The van der Waals surface area contributed by atoms with Gasteiger partial charge < -0.3 is 24.4 Å². The average Bonchev–Trinajstić information content (AvgIpc) is 3.65. The van der Waals surface area contributed by atoms with Crippen LogP contribution in [0, 0.1) is 0 Å². The van der Waals surface area contributed by atoms with Crippen LogP contribution >= 0.6 is 23.1 Å². The number of aromatic hydroxyl groups is 1. The summed E-state index contributed by atoms with van der Waals surface area (Å²) in [5.41, 5.74) is 1.63. The molecule has 0 spiro atoms. The van der Waals surface area contributed by atoms with Crippen LogP contribution in [-0.2, 0) is 15.3 Å². The van der Waals surface area contributed by atoms with Crippen molar-refractivity contribution in [1.82, 2.24) is 10.2 Å². The van der Waals surface area contributed by atoms with E-state index in [1.807, 2.05) is 18.2 Å². The molecule has 10 nitrogen and oxygen atoms in total. The van der Waals surface area contributed by atoms with Crippen LogP contribution in [0.4, 0.5) is 5.13 Å². The van der Waals surface area contributed by atoms with Gasteiger partial charge in [0.05, 0.1) is 32.4 Å². The molecule has 2 heterocycles. The van der Waals surface area contributed by atoms with E-state index in [1.54, 1.807) is 31.2 Å². The lowest BCUT2D eigenvalue weighted by atomic mass is 9.95. The van der Waals surface area contributed by atoms with Crippen molar-refractivity contribution >= 4 is 56.5 Å². The maximum Gasteiger partial charge on any atom is 0.301 e. The van der Waals surface area contributed by atoms with Crippen molar-refractivity contribution in [3.8, 4) is 23.0 Å². The number of phenolic OH excluding ortho intramolecular Hbond substituents is 1. The Morgan fingerprint density at radius 3 is 2.50 bits per heavy atom. The normalized spacial score (nSPS) is 15.8. The number of ether oxygens (including phenoxy) is 3. The Morgan fingerprint density at radius 2 is 1.72 bits per heavy atom. The highest BCUT2D eigenvalue weighted by molar-refractivity contribution is 8.00. The van der Waals surface area contributed by atoms with E-state index in [1.165, 1.54) is 54.4 Å². The van der Waals surface area contributed by atoms with E-state index in [0.717, 1.165) is 16.3 Å². The van der Waals surface area contributed by atoms with Crippen LogP contribution in [0.5, 0.6) is 23.0 Å². The summed E-state index contributed by atoms with van der Waals surface area (Å²) in [5, 5.41) is 33.1. The molecule has 4 aromatic carbocycles. The number of Topliss-reactive ketones (excluding diaryl/α,β-unsaturated/α-hetero) is 1. The third-order valence-corrected chi connectivity index (χ3v) is 9.64. The van der Waals surface area contributed by atoms with E-state index in [4.69, 9.17) is 14.2 Å². The zero-order valence-electron chi connectivity index (χ0n) is 25.1. The summed E-state index contributed by atoms with van der Waals surface area (Å²) in [6.45, 7) is 2.05. The fourth-order valence-electron chi connectivity index (χ4n) is 5.37. The van der Waals surface area contributed by atoms with Gasteiger partial charge in [0.2, 0.25) is 5.13 Å². The van der Waals surface area contributed by atoms with Crippen LogP contribution in [0.25, 0.3) is 16.5 Å². The predicted molar refractivity (Wildman–Crippen MR) is 177 cm³/mol. The van der Waals surface area contributed by atoms with E-state index in [2.05, 4.69) is 34.5 Å². The van der Waals surface area contributed by atoms with Crippen molar-refractivity contribution in [3.05, 3.63) is 101 Å². The van der Waals surface area contributed by atoms with Crippen LogP contribution in [0.2, 0.25) is 0 Å². The minimum Gasteiger partial charge on any atom is -0.507 e. The van der Waals surface area contributed by atoms with Crippen molar-refractivity contribution in [2.75, 3.05) is 25.7 Å². The van der Waals surface area contributed by atoms with E-state index in [0.29, 0.717) is 27.2 Å². The number of anilines is 1. The summed E-state index contributed by atoms with van der Waals surface area (Å²) in [4.78, 5) is 28.6. The zero-order valence-corrected chi connectivity index (χ0v) is 26.7. The second-order valence-corrected chi connectivity index (χ2v) is 12.4. The molecule has 12 heteroatoms. The molecule has 234 valence electrons. The van der Waals surface area contributed by atoms with Gasteiger partial charge >= 0.3 is 5.91 Å². The first kappa shape index (κ1) is 30.9. The Labute approximate surface area is 272 Å². The number of carbonyl (C=O) groups is 2. The summed E-state index contributed by atoms with van der Waals surface area (Å²) < 4.78 is 16.9. The molecule has 2 N–H and O–H groups in total. The molecule has 1 aromatic heterocycles. The van der Waals surface area contributed by atoms with Gasteiger partial charge in [-0.1, -0.05) is 71.6 Å². The number of fused-ring (bicyclic) bond motifs is 1. The number of methoxy groups -OCH3 is 2. The number of aromatic nitrogens is 2. The van der Waals surface area contributed by atoms with Gasteiger partial charge in [-0.3, -0.25) is 14.5 Å². The number of thioether (sulfide) groups is 1. The lowest BCUT2D eigenvalue weighted by Gasteiger charge is -2.23. The van der Waals surface area contributed by atoms with Gasteiger partial charge in [-0.2, -0.15) is 0 Å². The molecule has 0 bridgehead atoms. The van der Waals surface area contributed by atoms with Gasteiger partial charge in [0.1, 0.15) is 5.76 Å². The zero-order chi connectivity index (χ0) is 32.4. The highest BCUT2D eigenvalue weighted by atomic mass is 32.2. The Bertz CT molecular complexity index is 1990. The minimum absolute atomic E-state index is 0.106. The van der Waals surface area contributed by atoms with Crippen molar-refractivity contribution in [1.29, 1.82) is 0 Å². The maximum absolute atomic E-state index is 13.7. The number of rotatable bonds is 10. The fourth-order valence-corrected chi connectivity index (χ4v) is 7.24. The van der Waals surface area contributed by atoms with Gasteiger partial charge in [0, 0.05) is 11.3 Å². The van der Waals surface area contributed by atoms with Crippen LogP contribution in [0.3, 0.4) is 0 Å². The highest BCUT2D eigenvalue weighted by Gasteiger charge is 2.48. The van der Waals surface area contributed by atoms with Gasteiger partial charge in [-0.15, -0.1) is 10.2 Å². The fraction of sp³-hybridized carbons (Fsp3) is 0.176. The quantitative estimate of drug-likeness (QED) is 0.0549. The number of hydrogen-bond acceptors (Lipinski definition) is 11. The third-order valence-electron chi connectivity index (χ3n) is 7.53. The van der Waals surface area contributed by atoms with Crippen LogP contribution in [0.1, 0.15) is 29.7 Å². The molecule has 6 rings (SSSR count). The first-order valence-corrected chi connectivity index (χ1v) is 16.1. The third kappa shape index (κ3) is 5.72. The van der Waals surface area contributed by atoms with Crippen LogP contribution < -0.4 is 19.1 Å². The summed E-state index contributed by atoms with van der Waals surface area (Å²) in [7, 11) is 2.94. The van der Waals surface area contributed by atoms with Crippen LogP contribution in [0.15, 0.2) is 88.8 Å². The maximum atomic E-state index is 13.7. The molecule has 1 aliphatic rings. The molecule has 1 aliphatic heterocycles. The monoisotopic (exact) mass is 655 g/mol. The lowest BCUT2D eigenvalue weighted by Crippen LogP contribution is -2.29. The molecule has 46 heavy (non-hydrogen) atoms. The summed E-state index contributed by atoms with van der Waals surface area (Å²) >= 11 is 2.64. The van der Waals surface area contributed by atoms with E-state index in [-0.39, 0.29) is 34.4 Å². The van der Waals surface area contributed by atoms with E-state index < -0.39 is 23.5 Å². The number of amides is 1. The van der Waals surface area contributed by atoms with Crippen molar-refractivity contribution < 1.29 is 34.0 Å². The molecule has 5 aromatic rings. The first-order chi connectivity index (χ1) is 22.3. The molecule has 1 unspecified atom stereocenters. The van der Waals surface area contributed by atoms with E-state index >= 15 is 0 Å². The molecule has 1 fully saturated rings. The molecular formula is C34H29N3O7S2. The minimum atomic E-state index is -1.10. The second kappa shape index (κ2) is 13.1. The van der Waals surface area contributed by atoms with Crippen molar-refractivity contribution in [3.63, 3.8) is 0 Å². The Morgan fingerprint density at radius 1 is 0.935 bits per heavy atom. The molecule has 0 saturated carbocycles. The number of hydrogen-bond donors (Lipinski definition) is 2. The first-order valence-electron chi connectivity index (χ1n) is 14.3. The summed E-state index contributed by atoms with van der Waals surface area (Å²) in [6.07, 6.45) is 0. The Balaban J connectivity index is 1.41. The number of aliphatic hydroxyl groups excluding tert-OH is 1. The molecule has 1 amide bonds. The van der Waals surface area contributed by atoms with Crippen LogP contribution in [-0.4, -0.2) is 52.9 Å². The van der Waals surface area contributed by atoms with Gasteiger partial charge in [-0.25, -0.2) is 0 Å². The molecular weight excluding hydrogens is 627 g/mol. The van der Waals surface area contributed by atoms with Gasteiger partial charge in [0.25, 0.3) is 5.78 Å². The second-order valence-electron chi connectivity index (χ2n) is 10.2. The van der Waals surface area contributed by atoms with E-state index in [9.17, 15) is 19.8 Å². The largest absolute Gasteiger partial charge is 0.507 e. The van der Waals surface area contributed by atoms with Crippen molar-refractivity contribution in [2.45, 2.75) is 23.1 Å². The molecule has 1 saturated heterocycles.